The lowest BCUT2D eigenvalue weighted by atomic mass is 9.98. The van der Waals surface area contributed by atoms with Crippen LogP contribution in [0.25, 0.3) is 11.1 Å². The first-order valence-electron chi connectivity index (χ1n) is 8.80. The second-order valence-corrected chi connectivity index (χ2v) is 7.36. The van der Waals surface area contributed by atoms with Crippen LogP contribution in [0.4, 0.5) is 10.5 Å². The van der Waals surface area contributed by atoms with E-state index in [1.54, 1.807) is 0 Å². The number of anilines is 1. The largest absolute Gasteiger partial charge is 0.478 e. The Bertz CT molecular complexity index is 1080. The van der Waals surface area contributed by atoms with E-state index in [0.717, 1.165) is 22.3 Å². The molecule has 0 fully saturated rings. The van der Waals surface area contributed by atoms with Crippen molar-refractivity contribution < 1.29 is 19.4 Å². The Balaban J connectivity index is 1.52. The summed E-state index contributed by atoms with van der Waals surface area (Å²) in [6.07, 6.45) is -0.743. The maximum atomic E-state index is 12.4. The smallest absolute Gasteiger partial charge is 0.411 e. The van der Waals surface area contributed by atoms with Gasteiger partial charge in [0.2, 0.25) is 0 Å². The lowest BCUT2D eigenvalue weighted by Gasteiger charge is -2.15. The number of hydrogen-bond donors (Lipinski definition) is 2. The van der Waals surface area contributed by atoms with Crippen LogP contribution >= 0.6 is 23.2 Å². The predicted molar refractivity (Wildman–Crippen MR) is 112 cm³/mol. The van der Waals surface area contributed by atoms with Gasteiger partial charge in [-0.3, -0.25) is 5.32 Å². The molecule has 5 nitrogen and oxygen atoms in total. The van der Waals surface area contributed by atoms with Crippen molar-refractivity contribution in [3.05, 3.63) is 87.4 Å². The molecule has 0 saturated heterocycles. The zero-order valence-electron chi connectivity index (χ0n) is 15.0. The molecule has 1 amide bonds. The normalized spacial score (nSPS) is 12.2. The summed E-state index contributed by atoms with van der Waals surface area (Å²) in [6, 6.07) is 18.5. The molecule has 146 valence electrons. The van der Waals surface area contributed by atoms with Crippen LogP contribution in [0.2, 0.25) is 10.0 Å². The summed E-state index contributed by atoms with van der Waals surface area (Å²) < 4.78 is 5.44. The van der Waals surface area contributed by atoms with Crippen molar-refractivity contribution in [2.45, 2.75) is 5.92 Å². The number of carbonyl (C=O) groups is 2. The fourth-order valence-electron chi connectivity index (χ4n) is 3.55. The van der Waals surface area contributed by atoms with Crippen LogP contribution in [0.1, 0.15) is 27.4 Å². The van der Waals surface area contributed by atoms with Crippen LogP contribution in [0.15, 0.2) is 60.7 Å². The molecule has 0 heterocycles. The molecule has 2 N–H and O–H groups in total. The van der Waals surface area contributed by atoms with E-state index in [2.05, 4.69) is 5.32 Å². The maximum Gasteiger partial charge on any atom is 0.411 e. The number of fused-ring (bicyclic) bond motifs is 3. The van der Waals surface area contributed by atoms with Gasteiger partial charge >= 0.3 is 12.1 Å². The van der Waals surface area contributed by atoms with Crippen LogP contribution in [-0.2, 0) is 4.74 Å². The first kappa shape index (κ1) is 19.3. The number of aromatic carboxylic acids is 1. The molecule has 3 aromatic rings. The molecule has 0 saturated carbocycles. The van der Waals surface area contributed by atoms with Gasteiger partial charge in [-0.05, 0) is 34.4 Å². The Morgan fingerprint density at radius 2 is 1.55 bits per heavy atom. The number of rotatable bonds is 4. The molecule has 7 heteroatoms. The number of carboxylic acids is 1. The predicted octanol–water partition coefficient (Wildman–Crippen LogP) is 6.05. The molecule has 0 aromatic heterocycles. The molecule has 0 spiro atoms. The molecule has 4 rings (SSSR count). The van der Waals surface area contributed by atoms with E-state index in [9.17, 15) is 9.59 Å². The summed E-state index contributed by atoms with van der Waals surface area (Å²) in [5.41, 5.74) is 4.43. The van der Waals surface area contributed by atoms with Gasteiger partial charge in [0.15, 0.2) is 0 Å². The average molecular weight is 428 g/mol. The van der Waals surface area contributed by atoms with Crippen LogP contribution in [0.3, 0.4) is 0 Å². The third-order valence-electron chi connectivity index (χ3n) is 4.86. The van der Waals surface area contributed by atoms with Gasteiger partial charge in [0.25, 0.3) is 0 Å². The molecule has 1 aliphatic carbocycles. The second kappa shape index (κ2) is 7.78. The fourth-order valence-corrected chi connectivity index (χ4v) is 3.92. The Morgan fingerprint density at radius 1 is 0.966 bits per heavy atom. The van der Waals surface area contributed by atoms with Gasteiger partial charge in [-0.1, -0.05) is 71.7 Å². The highest BCUT2D eigenvalue weighted by Crippen LogP contribution is 2.44. The highest BCUT2D eigenvalue weighted by atomic mass is 35.5. The van der Waals surface area contributed by atoms with E-state index >= 15 is 0 Å². The lowest BCUT2D eigenvalue weighted by molar-refractivity contribution is 0.0696. The number of benzene rings is 3. The van der Waals surface area contributed by atoms with E-state index in [4.69, 9.17) is 33.0 Å². The Labute approximate surface area is 176 Å². The number of carboxylic acid groups (broad SMARTS) is 1. The second-order valence-electron chi connectivity index (χ2n) is 6.58. The summed E-state index contributed by atoms with van der Waals surface area (Å²) in [5.74, 6) is -1.27. The maximum absolute atomic E-state index is 12.4. The molecular weight excluding hydrogens is 413 g/mol. The van der Waals surface area contributed by atoms with Crippen molar-refractivity contribution in [1.29, 1.82) is 0 Å². The molecule has 29 heavy (non-hydrogen) atoms. The van der Waals surface area contributed by atoms with Gasteiger partial charge in [-0.2, -0.15) is 0 Å². The van der Waals surface area contributed by atoms with Gasteiger partial charge in [0.05, 0.1) is 21.3 Å². The third-order valence-corrected chi connectivity index (χ3v) is 5.66. The molecule has 0 unspecified atom stereocenters. The SMILES string of the molecule is O=C(Nc1cc(C(=O)O)cc(Cl)c1Cl)OCC1c2ccccc2-c2ccccc21. The highest BCUT2D eigenvalue weighted by molar-refractivity contribution is 6.44. The fraction of sp³-hybridized carbons (Fsp3) is 0.0909. The number of amides is 1. The zero-order valence-corrected chi connectivity index (χ0v) is 16.5. The lowest BCUT2D eigenvalue weighted by Crippen LogP contribution is -2.18. The number of halogens is 2. The van der Waals surface area contributed by atoms with E-state index in [0.29, 0.717) is 0 Å². The molecule has 0 aliphatic heterocycles. The molecule has 0 radical (unpaired) electrons. The van der Waals surface area contributed by atoms with E-state index < -0.39 is 12.1 Å². The average Bonchev–Trinajstić information content (AvgIpc) is 3.03. The van der Waals surface area contributed by atoms with Crippen molar-refractivity contribution in [2.75, 3.05) is 11.9 Å². The number of hydrogen-bond acceptors (Lipinski definition) is 3. The molecule has 1 aliphatic rings. The number of nitrogens with one attached hydrogen (secondary N) is 1. The summed E-state index contributed by atoms with van der Waals surface area (Å²) in [7, 11) is 0. The van der Waals surface area contributed by atoms with E-state index in [1.807, 2.05) is 48.5 Å². The topological polar surface area (TPSA) is 75.6 Å². The third kappa shape index (κ3) is 3.67. The quantitative estimate of drug-likeness (QED) is 0.530. The minimum atomic E-state index is -1.18. The first-order valence-corrected chi connectivity index (χ1v) is 9.55. The van der Waals surface area contributed by atoms with Gasteiger partial charge in [0, 0.05) is 5.92 Å². The Hall–Kier alpha value is -3.02. The first-order chi connectivity index (χ1) is 14.0. The van der Waals surface area contributed by atoms with Crippen LogP contribution in [-0.4, -0.2) is 23.8 Å². The Kier molecular flexibility index (Phi) is 5.18. The van der Waals surface area contributed by atoms with Crippen molar-refractivity contribution in [1.82, 2.24) is 0 Å². The van der Waals surface area contributed by atoms with Crippen LogP contribution in [0, 0.1) is 0 Å². The van der Waals surface area contributed by atoms with E-state index in [1.165, 1.54) is 12.1 Å². The molecular formula is C22H15Cl2NO4. The summed E-state index contributed by atoms with van der Waals surface area (Å²) >= 11 is 12.0. The van der Waals surface area contributed by atoms with Crippen molar-refractivity contribution in [3.63, 3.8) is 0 Å². The zero-order chi connectivity index (χ0) is 20.5. The standard InChI is InChI=1S/C22H15Cl2NO4/c23-18-9-12(21(26)27)10-19(20(18)24)25-22(28)29-11-17-15-7-3-1-5-13(15)14-6-2-4-8-16(14)17/h1-10,17H,11H2,(H,25,28)(H,26,27). The van der Waals surface area contributed by atoms with E-state index in [-0.39, 0.29) is 33.8 Å². The van der Waals surface area contributed by atoms with Gasteiger partial charge in [0.1, 0.15) is 6.61 Å². The van der Waals surface area contributed by atoms with Crippen LogP contribution in [0.5, 0.6) is 0 Å². The summed E-state index contributed by atoms with van der Waals surface area (Å²) in [5, 5.41) is 11.7. The summed E-state index contributed by atoms with van der Waals surface area (Å²) in [4.78, 5) is 23.5. The van der Waals surface area contributed by atoms with Gasteiger partial charge < -0.3 is 9.84 Å². The minimum Gasteiger partial charge on any atom is -0.478 e. The molecule has 0 bridgehead atoms. The van der Waals surface area contributed by atoms with Gasteiger partial charge in [-0.25, -0.2) is 9.59 Å². The number of ether oxygens (including phenoxy) is 1. The van der Waals surface area contributed by atoms with Crippen molar-refractivity contribution in [2.24, 2.45) is 0 Å². The highest BCUT2D eigenvalue weighted by Gasteiger charge is 2.29. The van der Waals surface area contributed by atoms with Gasteiger partial charge in [-0.15, -0.1) is 0 Å². The molecule has 0 atom stereocenters. The monoisotopic (exact) mass is 427 g/mol. The van der Waals surface area contributed by atoms with Crippen molar-refractivity contribution in [3.8, 4) is 11.1 Å². The van der Waals surface area contributed by atoms with Crippen molar-refractivity contribution >= 4 is 41.0 Å². The molecule has 3 aromatic carbocycles. The number of carbonyl (C=O) groups excluding carboxylic acids is 1. The Morgan fingerprint density at radius 3 is 2.14 bits per heavy atom. The minimum absolute atomic E-state index is 0.0283. The van der Waals surface area contributed by atoms with Crippen LogP contribution < -0.4 is 5.32 Å². The summed E-state index contributed by atoms with van der Waals surface area (Å²) in [6.45, 7) is 0.129.